The van der Waals surface area contributed by atoms with Crippen molar-refractivity contribution >= 4 is 23.9 Å². The number of amides is 3. The van der Waals surface area contributed by atoms with Crippen molar-refractivity contribution in [3.8, 4) is 5.75 Å². The second kappa shape index (κ2) is 16.5. The van der Waals surface area contributed by atoms with Crippen molar-refractivity contribution in [2.45, 2.75) is 91.8 Å². The van der Waals surface area contributed by atoms with E-state index in [1.807, 2.05) is 39.0 Å². The number of phenols is 1. The molecule has 0 aliphatic carbocycles. The molecule has 0 aliphatic heterocycles. The number of rotatable bonds is 14. The minimum absolute atomic E-state index is 0.00821. The molecule has 43 heavy (non-hydrogen) atoms. The molecule has 0 aliphatic rings. The molecule has 10 nitrogen and oxygen atoms in total. The average Bonchev–Trinajstić information content (AvgIpc) is 2.90. The van der Waals surface area contributed by atoms with E-state index in [0.717, 1.165) is 17.5 Å². The van der Waals surface area contributed by atoms with Gasteiger partial charge in [0.05, 0.1) is 13.0 Å². The first-order valence-corrected chi connectivity index (χ1v) is 14.8. The van der Waals surface area contributed by atoms with Crippen LogP contribution in [0.25, 0.3) is 0 Å². The lowest BCUT2D eigenvalue weighted by atomic mass is 9.97. The van der Waals surface area contributed by atoms with Gasteiger partial charge >= 0.3 is 12.1 Å². The highest BCUT2D eigenvalue weighted by Crippen LogP contribution is 2.26. The highest BCUT2D eigenvalue weighted by atomic mass is 16.6. The van der Waals surface area contributed by atoms with Gasteiger partial charge in [-0.2, -0.15) is 0 Å². The Labute approximate surface area is 255 Å². The van der Waals surface area contributed by atoms with Gasteiger partial charge in [0.15, 0.2) is 0 Å². The molecule has 0 fully saturated rings. The van der Waals surface area contributed by atoms with Crippen LogP contribution in [0.15, 0.2) is 42.5 Å². The molecule has 2 rings (SSSR count). The smallest absolute Gasteiger partial charge is 0.408 e. The summed E-state index contributed by atoms with van der Waals surface area (Å²) >= 11 is 0. The van der Waals surface area contributed by atoms with E-state index in [4.69, 9.17) is 9.47 Å². The van der Waals surface area contributed by atoms with Crippen molar-refractivity contribution in [3.05, 3.63) is 64.7 Å². The van der Waals surface area contributed by atoms with Gasteiger partial charge < -0.3 is 30.1 Å². The maximum absolute atomic E-state index is 14.4. The fraction of sp³-hybridized carbons (Fsp3) is 0.515. The first-order valence-electron chi connectivity index (χ1n) is 14.8. The van der Waals surface area contributed by atoms with Crippen LogP contribution in [0.2, 0.25) is 0 Å². The molecular weight excluding hydrogens is 550 g/mol. The lowest BCUT2D eigenvalue weighted by molar-refractivity contribution is -0.144. The van der Waals surface area contributed by atoms with E-state index in [2.05, 4.69) is 10.6 Å². The summed E-state index contributed by atoms with van der Waals surface area (Å²) in [5.41, 5.74) is 2.38. The normalized spacial score (nSPS) is 12.5. The molecule has 3 amide bonds. The van der Waals surface area contributed by atoms with E-state index in [-0.39, 0.29) is 38.3 Å². The number of unbranched alkanes of at least 4 members (excludes halogenated alkanes) is 1. The Kier molecular flexibility index (Phi) is 13.5. The van der Waals surface area contributed by atoms with Crippen molar-refractivity contribution in [2.24, 2.45) is 0 Å². The molecule has 0 heterocycles. The summed E-state index contributed by atoms with van der Waals surface area (Å²) in [5.74, 6) is -1.26. The quantitative estimate of drug-likeness (QED) is 0.264. The molecule has 3 N–H and O–H groups in total. The average molecular weight is 598 g/mol. The molecular formula is C33H47N3O7. The molecule has 10 heteroatoms. The second-order valence-corrected chi connectivity index (χ2v) is 11.6. The molecule has 0 bridgehead atoms. The first-order chi connectivity index (χ1) is 20.2. The van der Waals surface area contributed by atoms with Crippen LogP contribution >= 0.6 is 0 Å². The lowest BCUT2D eigenvalue weighted by Crippen LogP contribution is -2.54. The Morgan fingerprint density at radius 3 is 2.16 bits per heavy atom. The van der Waals surface area contributed by atoms with E-state index in [0.29, 0.717) is 17.5 Å². The predicted octanol–water partition coefficient (Wildman–Crippen LogP) is 4.88. The number of benzene rings is 2. The highest BCUT2D eigenvalue weighted by Gasteiger charge is 2.36. The fourth-order valence-corrected chi connectivity index (χ4v) is 4.67. The van der Waals surface area contributed by atoms with Gasteiger partial charge in [-0.3, -0.25) is 14.4 Å². The van der Waals surface area contributed by atoms with E-state index >= 15 is 0 Å². The zero-order chi connectivity index (χ0) is 32.2. The van der Waals surface area contributed by atoms with Gasteiger partial charge in [-0.25, -0.2) is 4.79 Å². The maximum Gasteiger partial charge on any atom is 0.408 e. The van der Waals surface area contributed by atoms with E-state index < -0.39 is 41.6 Å². The molecule has 2 aromatic carbocycles. The summed E-state index contributed by atoms with van der Waals surface area (Å²) in [7, 11) is 0. The predicted molar refractivity (Wildman–Crippen MR) is 165 cm³/mol. The van der Waals surface area contributed by atoms with Gasteiger partial charge in [0.1, 0.15) is 23.4 Å². The monoisotopic (exact) mass is 597 g/mol. The molecule has 0 radical (unpaired) electrons. The van der Waals surface area contributed by atoms with Gasteiger partial charge in [-0.1, -0.05) is 54.8 Å². The Hall–Kier alpha value is -4.08. The molecule has 2 atom stereocenters. The van der Waals surface area contributed by atoms with Gasteiger partial charge in [0.2, 0.25) is 11.8 Å². The minimum atomic E-state index is -1.07. The number of aromatic hydroxyl groups is 1. The minimum Gasteiger partial charge on any atom is -0.508 e. The number of nitrogens with one attached hydrogen (secondary N) is 2. The van der Waals surface area contributed by atoms with E-state index in [9.17, 15) is 24.3 Å². The summed E-state index contributed by atoms with van der Waals surface area (Å²) in [4.78, 5) is 54.6. The number of nitrogens with zero attached hydrogens (tertiary/aromatic N) is 1. The third kappa shape index (κ3) is 12.0. The lowest BCUT2D eigenvalue weighted by Gasteiger charge is -2.35. The summed E-state index contributed by atoms with van der Waals surface area (Å²) in [6.45, 7) is 13.3. The number of esters is 1. The van der Waals surface area contributed by atoms with Crippen molar-refractivity contribution in [2.75, 3.05) is 19.7 Å². The van der Waals surface area contributed by atoms with Gasteiger partial charge in [0, 0.05) is 19.5 Å². The van der Waals surface area contributed by atoms with Crippen LogP contribution in [0.5, 0.6) is 5.75 Å². The number of phenolic OH excluding ortho intramolecular Hbond substituents is 1. The van der Waals surface area contributed by atoms with Crippen molar-refractivity contribution < 1.29 is 33.8 Å². The summed E-state index contributed by atoms with van der Waals surface area (Å²) in [5, 5.41) is 15.3. The van der Waals surface area contributed by atoms with Crippen LogP contribution in [0.4, 0.5) is 4.79 Å². The third-order valence-electron chi connectivity index (χ3n) is 6.45. The number of aryl methyl sites for hydroxylation is 2. The Balaban J connectivity index is 2.54. The molecule has 0 aromatic heterocycles. The summed E-state index contributed by atoms with van der Waals surface area (Å²) in [6.07, 6.45) is 0.704. The molecule has 0 spiro atoms. The zero-order valence-corrected chi connectivity index (χ0v) is 26.5. The molecule has 0 saturated carbocycles. The zero-order valence-electron chi connectivity index (χ0n) is 26.5. The molecule has 236 valence electrons. The van der Waals surface area contributed by atoms with Crippen molar-refractivity contribution in [1.29, 1.82) is 0 Å². The molecule has 2 aromatic rings. The van der Waals surface area contributed by atoms with Crippen LogP contribution in [0, 0.1) is 13.8 Å². The fourth-order valence-electron chi connectivity index (χ4n) is 4.67. The molecule has 0 saturated heterocycles. The highest BCUT2D eigenvalue weighted by molar-refractivity contribution is 5.92. The van der Waals surface area contributed by atoms with Crippen LogP contribution in [-0.4, -0.2) is 65.2 Å². The van der Waals surface area contributed by atoms with Gasteiger partial charge in [-0.05, 0) is 71.2 Å². The number of carbonyl (C=O) groups is 4. The largest absolute Gasteiger partial charge is 0.508 e. The standard InChI is InChI=1S/C33H47N3O7/c1-8-10-17-36(29(25-19-22(3)18-23(4)20-25)30(39)34-16-15-28(38)42-9-2)31(40)27(35-32(41)43-33(5,6)7)21-24-11-13-26(37)14-12-24/h11-14,18-20,27,29,37H,8-10,15-17,21H2,1-7H3,(H,34,39)(H,35,41). The van der Waals surface area contributed by atoms with Crippen LogP contribution in [0.3, 0.4) is 0 Å². The second-order valence-electron chi connectivity index (χ2n) is 11.6. The number of alkyl carbamates (subject to hydrolysis) is 1. The first kappa shape index (κ1) is 35.1. The number of hydrogen-bond donors (Lipinski definition) is 3. The van der Waals surface area contributed by atoms with E-state index in [1.165, 1.54) is 17.0 Å². The summed E-state index contributed by atoms with van der Waals surface area (Å²) in [6, 6.07) is 9.98. The Morgan fingerprint density at radius 2 is 1.60 bits per heavy atom. The van der Waals surface area contributed by atoms with Crippen LogP contribution in [0.1, 0.15) is 82.2 Å². The maximum atomic E-state index is 14.4. The Bertz CT molecular complexity index is 1220. The SMILES string of the molecule is CCCCN(C(=O)C(Cc1ccc(O)cc1)NC(=O)OC(C)(C)C)C(C(=O)NCCC(=O)OCC)c1cc(C)cc(C)c1. The Morgan fingerprint density at radius 1 is 0.977 bits per heavy atom. The summed E-state index contributed by atoms with van der Waals surface area (Å²) < 4.78 is 10.5. The topological polar surface area (TPSA) is 134 Å². The number of hydrogen-bond acceptors (Lipinski definition) is 7. The number of ether oxygens (including phenoxy) is 2. The van der Waals surface area contributed by atoms with Crippen LogP contribution < -0.4 is 10.6 Å². The third-order valence-corrected chi connectivity index (χ3v) is 6.45. The van der Waals surface area contributed by atoms with Crippen LogP contribution in [-0.2, 0) is 30.3 Å². The van der Waals surface area contributed by atoms with Crippen molar-refractivity contribution in [1.82, 2.24) is 15.5 Å². The molecule has 2 unspecified atom stereocenters. The van der Waals surface area contributed by atoms with Crippen molar-refractivity contribution in [3.63, 3.8) is 0 Å². The van der Waals surface area contributed by atoms with Gasteiger partial charge in [0.25, 0.3) is 0 Å². The van der Waals surface area contributed by atoms with E-state index in [1.54, 1.807) is 39.8 Å². The number of carbonyl (C=O) groups excluding carboxylic acids is 4. The van der Waals surface area contributed by atoms with Gasteiger partial charge in [-0.15, -0.1) is 0 Å².